The highest BCUT2D eigenvalue weighted by Gasteiger charge is 2.38. The molecule has 4 nitrogen and oxygen atoms in total. The largest absolute Gasteiger partial charge is 0.480 e. The van der Waals surface area contributed by atoms with Gasteiger partial charge < -0.3 is 9.52 Å². The second-order valence-corrected chi connectivity index (χ2v) is 6.51. The summed E-state index contributed by atoms with van der Waals surface area (Å²) >= 11 is 1.75. The summed E-state index contributed by atoms with van der Waals surface area (Å²) in [5.41, 5.74) is 0. The van der Waals surface area contributed by atoms with Crippen molar-refractivity contribution in [2.75, 3.05) is 6.54 Å². The molecule has 21 heavy (non-hydrogen) atoms. The number of hydrogen-bond donors (Lipinski definition) is 1. The molecule has 2 unspecified atom stereocenters. The van der Waals surface area contributed by atoms with E-state index in [2.05, 4.69) is 24.0 Å². The van der Waals surface area contributed by atoms with Crippen LogP contribution in [0, 0.1) is 0 Å². The molecule has 2 atom stereocenters. The zero-order valence-corrected chi connectivity index (χ0v) is 12.8. The summed E-state index contributed by atoms with van der Waals surface area (Å²) in [7, 11) is 0. The van der Waals surface area contributed by atoms with Gasteiger partial charge in [-0.3, -0.25) is 9.69 Å². The third kappa shape index (κ3) is 2.76. The Labute approximate surface area is 128 Å². The molecule has 0 aliphatic carbocycles. The molecule has 3 heterocycles. The van der Waals surface area contributed by atoms with Crippen LogP contribution in [0.2, 0.25) is 0 Å². The number of likely N-dealkylation sites (tertiary alicyclic amines) is 1. The van der Waals surface area contributed by atoms with Crippen LogP contribution in [0.25, 0.3) is 0 Å². The van der Waals surface area contributed by atoms with E-state index in [1.165, 1.54) is 4.88 Å². The number of hydrogen-bond acceptors (Lipinski definition) is 4. The summed E-state index contributed by atoms with van der Waals surface area (Å²) < 4.78 is 5.61. The summed E-state index contributed by atoms with van der Waals surface area (Å²) in [6.45, 7) is 2.93. The van der Waals surface area contributed by atoms with E-state index in [1.807, 2.05) is 12.1 Å². The molecule has 1 aliphatic rings. The topological polar surface area (TPSA) is 53.7 Å². The third-order valence-corrected chi connectivity index (χ3v) is 5.31. The first-order chi connectivity index (χ1) is 10.2. The van der Waals surface area contributed by atoms with Crippen molar-refractivity contribution in [3.8, 4) is 0 Å². The fraction of sp³-hybridized carbons (Fsp3) is 0.438. The maximum Gasteiger partial charge on any atom is 0.320 e. The standard InChI is InChI=1S/C16H19NO3S/c1-2-11-7-8-14(21-11)15(13-6-4-10-20-13)17-9-3-5-12(17)16(18)19/h4,6-8,10,12,15H,2-3,5,9H2,1H3,(H,18,19). The summed E-state index contributed by atoms with van der Waals surface area (Å²) in [4.78, 5) is 16.0. The number of carboxylic acids is 1. The van der Waals surface area contributed by atoms with Gasteiger partial charge in [0.2, 0.25) is 0 Å². The Morgan fingerprint density at radius 1 is 1.52 bits per heavy atom. The van der Waals surface area contributed by atoms with Crippen LogP contribution in [0.15, 0.2) is 34.9 Å². The normalized spacial score (nSPS) is 20.7. The van der Waals surface area contributed by atoms with E-state index in [1.54, 1.807) is 17.6 Å². The molecule has 0 saturated carbocycles. The zero-order chi connectivity index (χ0) is 14.8. The predicted octanol–water partition coefficient (Wildman–Crippen LogP) is 3.54. The van der Waals surface area contributed by atoms with Gasteiger partial charge in [-0.15, -0.1) is 11.3 Å². The maximum atomic E-state index is 11.5. The van der Waals surface area contributed by atoms with Crippen LogP contribution in [0.5, 0.6) is 0 Å². The van der Waals surface area contributed by atoms with Gasteiger partial charge in [-0.1, -0.05) is 6.92 Å². The Kier molecular flexibility index (Phi) is 4.12. The van der Waals surface area contributed by atoms with Crippen molar-refractivity contribution < 1.29 is 14.3 Å². The minimum atomic E-state index is -0.740. The average Bonchev–Trinajstić information content (AvgIpc) is 3.21. The van der Waals surface area contributed by atoms with E-state index in [-0.39, 0.29) is 6.04 Å². The molecule has 112 valence electrons. The Hall–Kier alpha value is -1.59. The van der Waals surface area contributed by atoms with Gasteiger partial charge in [0.25, 0.3) is 0 Å². The van der Waals surface area contributed by atoms with Gasteiger partial charge in [-0.2, -0.15) is 0 Å². The van der Waals surface area contributed by atoms with Crippen LogP contribution < -0.4 is 0 Å². The van der Waals surface area contributed by atoms with Crippen LogP contribution in [0.3, 0.4) is 0 Å². The van der Waals surface area contributed by atoms with Gasteiger partial charge in [0.15, 0.2) is 0 Å². The van der Waals surface area contributed by atoms with E-state index in [0.29, 0.717) is 6.42 Å². The molecular weight excluding hydrogens is 286 g/mol. The van der Waals surface area contributed by atoms with Gasteiger partial charge >= 0.3 is 5.97 Å². The van der Waals surface area contributed by atoms with Crippen LogP contribution in [-0.4, -0.2) is 28.6 Å². The lowest BCUT2D eigenvalue weighted by Gasteiger charge is -2.29. The molecule has 1 fully saturated rings. The van der Waals surface area contributed by atoms with Gasteiger partial charge in [0.1, 0.15) is 17.8 Å². The van der Waals surface area contributed by atoms with E-state index in [4.69, 9.17) is 4.42 Å². The smallest absolute Gasteiger partial charge is 0.320 e. The number of carboxylic acid groups (broad SMARTS) is 1. The highest BCUT2D eigenvalue weighted by molar-refractivity contribution is 7.12. The summed E-state index contributed by atoms with van der Waals surface area (Å²) in [5, 5.41) is 9.46. The summed E-state index contributed by atoms with van der Waals surface area (Å²) in [5.74, 6) is 0.0870. The molecule has 0 amide bonds. The van der Waals surface area contributed by atoms with Crippen molar-refractivity contribution in [2.45, 2.75) is 38.3 Å². The fourth-order valence-corrected chi connectivity index (χ4v) is 4.09. The highest BCUT2D eigenvalue weighted by Crippen LogP contribution is 2.38. The highest BCUT2D eigenvalue weighted by atomic mass is 32.1. The Balaban J connectivity index is 1.98. The van der Waals surface area contributed by atoms with Crippen LogP contribution in [0.4, 0.5) is 0 Å². The molecule has 5 heteroatoms. The van der Waals surface area contributed by atoms with Crippen molar-refractivity contribution in [3.63, 3.8) is 0 Å². The third-order valence-electron chi connectivity index (χ3n) is 4.02. The molecule has 0 bridgehead atoms. The average molecular weight is 305 g/mol. The van der Waals surface area contributed by atoms with Crippen LogP contribution in [0.1, 0.15) is 41.3 Å². The van der Waals surface area contributed by atoms with Gasteiger partial charge in [-0.25, -0.2) is 0 Å². The number of aliphatic carboxylic acids is 1. The Bertz CT molecular complexity index is 605. The van der Waals surface area contributed by atoms with E-state index < -0.39 is 12.0 Å². The molecule has 1 N–H and O–H groups in total. The molecule has 1 aliphatic heterocycles. The minimum Gasteiger partial charge on any atom is -0.480 e. The fourth-order valence-electron chi connectivity index (χ4n) is 3.01. The van der Waals surface area contributed by atoms with Crippen molar-refractivity contribution in [2.24, 2.45) is 0 Å². The maximum absolute atomic E-state index is 11.5. The second-order valence-electron chi connectivity index (χ2n) is 5.31. The second kappa shape index (κ2) is 6.03. The van der Waals surface area contributed by atoms with E-state index in [9.17, 15) is 9.90 Å². The number of furan rings is 1. The van der Waals surface area contributed by atoms with Crippen molar-refractivity contribution in [3.05, 3.63) is 46.0 Å². The molecule has 0 aromatic carbocycles. The quantitative estimate of drug-likeness (QED) is 0.918. The van der Waals surface area contributed by atoms with Crippen molar-refractivity contribution in [1.29, 1.82) is 0 Å². The number of carbonyl (C=O) groups is 1. The van der Waals surface area contributed by atoms with Gasteiger partial charge in [-0.05, 0) is 43.5 Å². The first kappa shape index (κ1) is 14.4. The molecule has 2 aromatic rings. The first-order valence-electron chi connectivity index (χ1n) is 7.31. The molecule has 2 aromatic heterocycles. The number of nitrogens with zero attached hydrogens (tertiary/aromatic N) is 1. The van der Waals surface area contributed by atoms with Gasteiger partial charge in [0.05, 0.1) is 6.26 Å². The monoisotopic (exact) mass is 305 g/mol. The number of thiophene rings is 1. The van der Waals surface area contributed by atoms with E-state index >= 15 is 0 Å². The molecule has 1 saturated heterocycles. The Morgan fingerprint density at radius 2 is 2.38 bits per heavy atom. The SMILES string of the molecule is CCc1ccc(C(c2ccco2)N2CCCC2C(=O)O)s1. The first-order valence-corrected chi connectivity index (χ1v) is 8.13. The van der Waals surface area contributed by atoms with Crippen molar-refractivity contribution >= 4 is 17.3 Å². The lowest BCUT2D eigenvalue weighted by atomic mass is 10.1. The zero-order valence-electron chi connectivity index (χ0n) is 12.0. The molecular formula is C16H19NO3S. The lowest BCUT2D eigenvalue weighted by molar-refractivity contribution is -0.142. The van der Waals surface area contributed by atoms with Crippen molar-refractivity contribution in [1.82, 2.24) is 4.90 Å². The molecule has 3 rings (SSSR count). The lowest BCUT2D eigenvalue weighted by Crippen LogP contribution is -2.38. The van der Waals surface area contributed by atoms with Crippen LogP contribution in [-0.2, 0) is 11.2 Å². The Morgan fingerprint density at radius 3 is 3.00 bits per heavy atom. The number of rotatable bonds is 5. The van der Waals surface area contributed by atoms with Gasteiger partial charge in [0, 0.05) is 16.3 Å². The summed E-state index contributed by atoms with van der Waals surface area (Å²) in [6.07, 6.45) is 4.28. The van der Waals surface area contributed by atoms with Crippen LogP contribution >= 0.6 is 11.3 Å². The summed E-state index contributed by atoms with van der Waals surface area (Å²) in [6, 6.07) is 7.52. The molecule has 0 radical (unpaired) electrons. The molecule has 0 spiro atoms. The predicted molar refractivity (Wildman–Crippen MR) is 81.6 cm³/mol. The number of aryl methyl sites for hydroxylation is 1. The minimum absolute atomic E-state index is 0.0890. The van der Waals surface area contributed by atoms with E-state index in [0.717, 1.165) is 30.0 Å².